The molecule has 1 aromatic carbocycles. The van der Waals surface area contributed by atoms with Gasteiger partial charge in [0.25, 0.3) is 5.91 Å². The van der Waals surface area contributed by atoms with E-state index < -0.39 is 24.4 Å². The number of amides is 2. The highest BCUT2D eigenvalue weighted by Gasteiger charge is 2.22. The first-order chi connectivity index (χ1) is 15.8. The molecule has 1 rings (SSSR count). The zero-order chi connectivity index (χ0) is 24.6. The number of ketones is 1. The standard InChI is InChI=1S/C22H35BF2N4O4/c24-10-9-20(30)19(27)6-2-4-12-28-21(31)15-29(13-5-1-3-11-26)22(32)17-8-7-16(23-33)14-18(17)25/h7-8,14,19,23,33H,1-6,9-13,15,26-27H2,(H,28,31)/t19-/m0/s1. The monoisotopic (exact) mass is 468 g/mol. The number of unbranched alkanes of at least 4 members (excludes halogenated alkanes) is 3. The van der Waals surface area contributed by atoms with Crippen LogP contribution in [0.15, 0.2) is 18.2 Å². The summed E-state index contributed by atoms with van der Waals surface area (Å²) < 4.78 is 26.5. The average Bonchev–Trinajstić information content (AvgIpc) is 2.80. The number of Topliss-reactive ketones (excluding diaryl/α,β-unsaturated/α-hetero) is 1. The molecule has 0 fully saturated rings. The van der Waals surface area contributed by atoms with E-state index in [1.54, 1.807) is 0 Å². The topological polar surface area (TPSA) is 139 Å². The molecule has 184 valence electrons. The fourth-order valence-corrected chi connectivity index (χ4v) is 3.26. The molecule has 0 aliphatic carbocycles. The van der Waals surface area contributed by atoms with Crippen LogP contribution in [0.5, 0.6) is 0 Å². The Bertz CT molecular complexity index is 770. The van der Waals surface area contributed by atoms with Crippen molar-refractivity contribution in [1.29, 1.82) is 0 Å². The summed E-state index contributed by atoms with van der Waals surface area (Å²) in [5, 5.41) is 11.8. The summed E-state index contributed by atoms with van der Waals surface area (Å²) in [6.07, 6.45) is 3.56. The van der Waals surface area contributed by atoms with E-state index in [9.17, 15) is 23.2 Å². The molecule has 2 amide bonds. The molecule has 33 heavy (non-hydrogen) atoms. The Balaban J connectivity index is 2.60. The van der Waals surface area contributed by atoms with Crippen LogP contribution in [0.2, 0.25) is 0 Å². The first-order valence-electron chi connectivity index (χ1n) is 11.3. The third kappa shape index (κ3) is 10.9. The second kappa shape index (κ2) is 16.3. The molecule has 6 N–H and O–H groups in total. The smallest absolute Gasteiger partial charge is 0.304 e. The molecule has 0 unspecified atom stereocenters. The van der Waals surface area contributed by atoms with E-state index in [0.29, 0.717) is 44.2 Å². The van der Waals surface area contributed by atoms with Gasteiger partial charge in [0.05, 0.1) is 24.8 Å². The van der Waals surface area contributed by atoms with Crippen LogP contribution in [0.3, 0.4) is 0 Å². The molecule has 0 heterocycles. The normalized spacial score (nSPS) is 11.7. The Morgan fingerprint density at radius 3 is 2.55 bits per heavy atom. The number of hydrogen-bond acceptors (Lipinski definition) is 6. The molecule has 0 aromatic heterocycles. The molecule has 0 bridgehead atoms. The van der Waals surface area contributed by atoms with Gasteiger partial charge in [-0.3, -0.25) is 18.8 Å². The van der Waals surface area contributed by atoms with E-state index in [0.717, 1.165) is 18.9 Å². The van der Waals surface area contributed by atoms with Crippen molar-refractivity contribution in [2.45, 2.75) is 51.0 Å². The summed E-state index contributed by atoms with van der Waals surface area (Å²) in [5.41, 5.74) is 11.4. The first-order valence-corrected chi connectivity index (χ1v) is 11.3. The minimum Gasteiger partial charge on any atom is -0.449 e. The minimum absolute atomic E-state index is 0.161. The number of alkyl halides is 1. The molecular weight excluding hydrogens is 433 g/mol. The van der Waals surface area contributed by atoms with Gasteiger partial charge in [0.15, 0.2) is 5.78 Å². The maximum absolute atomic E-state index is 14.4. The lowest BCUT2D eigenvalue weighted by Gasteiger charge is -2.23. The molecule has 11 heteroatoms. The Morgan fingerprint density at radius 1 is 1.15 bits per heavy atom. The Labute approximate surface area is 194 Å². The number of carbonyl (C=O) groups is 3. The molecule has 0 aliphatic rings. The van der Waals surface area contributed by atoms with Crippen molar-refractivity contribution in [3.63, 3.8) is 0 Å². The van der Waals surface area contributed by atoms with Gasteiger partial charge in [-0.05, 0) is 50.8 Å². The predicted octanol–water partition coefficient (Wildman–Crippen LogP) is -0.0915. The van der Waals surface area contributed by atoms with Crippen LogP contribution in [-0.2, 0) is 9.59 Å². The maximum atomic E-state index is 14.4. The van der Waals surface area contributed by atoms with E-state index in [2.05, 4.69) is 5.32 Å². The first kappa shape index (κ1) is 28.7. The lowest BCUT2D eigenvalue weighted by atomic mass is 9.88. The number of nitrogens with two attached hydrogens (primary N) is 2. The maximum Gasteiger partial charge on any atom is 0.304 e. The van der Waals surface area contributed by atoms with Gasteiger partial charge in [0.1, 0.15) is 5.82 Å². The van der Waals surface area contributed by atoms with Crippen molar-refractivity contribution in [2.75, 3.05) is 32.9 Å². The molecule has 0 saturated carbocycles. The van der Waals surface area contributed by atoms with Crippen LogP contribution in [0.25, 0.3) is 0 Å². The second-order valence-electron chi connectivity index (χ2n) is 7.91. The number of carbonyl (C=O) groups excluding carboxylic acids is 3. The Hall–Kier alpha value is -2.37. The van der Waals surface area contributed by atoms with Gasteiger partial charge in [0, 0.05) is 19.5 Å². The molecule has 1 aromatic rings. The SMILES string of the molecule is NCCCCCN(CC(=O)NCCCC[C@H](N)C(=O)CCF)C(=O)c1ccc(BO)cc1F. The number of benzene rings is 1. The Morgan fingerprint density at radius 2 is 1.91 bits per heavy atom. The van der Waals surface area contributed by atoms with Crippen LogP contribution < -0.4 is 22.2 Å². The quantitative estimate of drug-likeness (QED) is 0.186. The van der Waals surface area contributed by atoms with Crippen LogP contribution in [-0.4, -0.2) is 73.9 Å². The zero-order valence-corrected chi connectivity index (χ0v) is 19.0. The summed E-state index contributed by atoms with van der Waals surface area (Å²) >= 11 is 0. The van der Waals surface area contributed by atoms with Gasteiger partial charge in [-0.2, -0.15) is 0 Å². The fraction of sp³-hybridized carbons (Fsp3) is 0.591. The van der Waals surface area contributed by atoms with Gasteiger partial charge in [-0.15, -0.1) is 0 Å². The summed E-state index contributed by atoms with van der Waals surface area (Å²) in [4.78, 5) is 38.0. The predicted molar refractivity (Wildman–Crippen MR) is 125 cm³/mol. The molecule has 0 radical (unpaired) electrons. The second-order valence-corrected chi connectivity index (χ2v) is 7.91. The third-order valence-electron chi connectivity index (χ3n) is 5.22. The van der Waals surface area contributed by atoms with Gasteiger partial charge in [-0.1, -0.05) is 17.9 Å². The van der Waals surface area contributed by atoms with E-state index in [1.807, 2.05) is 0 Å². The third-order valence-corrected chi connectivity index (χ3v) is 5.22. The van der Waals surface area contributed by atoms with Crippen molar-refractivity contribution in [2.24, 2.45) is 11.5 Å². The highest BCUT2D eigenvalue weighted by molar-refractivity contribution is 6.45. The zero-order valence-electron chi connectivity index (χ0n) is 19.0. The number of nitrogens with one attached hydrogen (secondary N) is 1. The summed E-state index contributed by atoms with van der Waals surface area (Å²) in [6, 6.07) is 3.17. The van der Waals surface area contributed by atoms with Crippen LogP contribution >= 0.6 is 0 Å². The van der Waals surface area contributed by atoms with Crippen molar-refractivity contribution < 1.29 is 28.2 Å². The fourth-order valence-electron chi connectivity index (χ4n) is 3.26. The number of hydrogen-bond donors (Lipinski definition) is 4. The molecule has 0 saturated heterocycles. The highest BCUT2D eigenvalue weighted by atomic mass is 19.1. The molecule has 0 aliphatic heterocycles. The number of nitrogens with zero attached hydrogens (tertiary/aromatic N) is 1. The van der Waals surface area contributed by atoms with Gasteiger partial charge >= 0.3 is 7.48 Å². The summed E-state index contributed by atoms with van der Waals surface area (Å²) in [6.45, 7) is 0.183. The van der Waals surface area contributed by atoms with E-state index in [-0.39, 0.29) is 44.2 Å². The molecule has 1 atom stereocenters. The summed E-state index contributed by atoms with van der Waals surface area (Å²) in [5.74, 6) is -2.05. The minimum atomic E-state index is -0.752. The molecule has 8 nitrogen and oxygen atoms in total. The van der Waals surface area contributed by atoms with Gasteiger partial charge in [-0.25, -0.2) is 4.39 Å². The largest absolute Gasteiger partial charge is 0.449 e. The highest BCUT2D eigenvalue weighted by Crippen LogP contribution is 2.11. The van der Waals surface area contributed by atoms with E-state index >= 15 is 0 Å². The number of rotatable bonds is 17. The molecular formula is C22H35BF2N4O4. The van der Waals surface area contributed by atoms with E-state index in [1.165, 1.54) is 17.0 Å². The van der Waals surface area contributed by atoms with Crippen molar-refractivity contribution >= 4 is 30.5 Å². The summed E-state index contributed by atoms with van der Waals surface area (Å²) in [7, 11) is -0.342. The number of halogens is 2. The lowest BCUT2D eigenvalue weighted by molar-refractivity contribution is -0.122. The van der Waals surface area contributed by atoms with Crippen LogP contribution in [0, 0.1) is 5.82 Å². The van der Waals surface area contributed by atoms with Crippen molar-refractivity contribution in [1.82, 2.24) is 10.2 Å². The Kier molecular flexibility index (Phi) is 14.1. The lowest BCUT2D eigenvalue weighted by Crippen LogP contribution is -2.42. The van der Waals surface area contributed by atoms with Crippen molar-refractivity contribution in [3.8, 4) is 0 Å². The van der Waals surface area contributed by atoms with Crippen molar-refractivity contribution in [3.05, 3.63) is 29.6 Å². The molecule has 0 spiro atoms. The average molecular weight is 468 g/mol. The van der Waals surface area contributed by atoms with Crippen LogP contribution in [0.1, 0.15) is 55.3 Å². The van der Waals surface area contributed by atoms with Gasteiger partial charge in [0.2, 0.25) is 5.91 Å². The van der Waals surface area contributed by atoms with E-state index in [4.69, 9.17) is 16.5 Å². The van der Waals surface area contributed by atoms with Crippen LogP contribution in [0.4, 0.5) is 8.78 Å². The van der Waals surface area contributed by atoms with Gasteiger partial charge < -0.3 is 26.7 Å².